The minimum atomic E-state index is -0.281. The highest BCUT2D eigenvalue weighted by molar-refractivity contribution is 7.94. The standard InChI is InChI=1S/C30H43N5O3S/c31-26-10-18-35(19-11-26)39-34-16-8-24(9-17-34)22-33-14-12-27(13-15-33)38-20-2-4-23-3-1-5-25(21-23)28-6-7-29(36)32-30(28)37/h1,3,5,21,24,26-28H,6-20,22,31H2,(H,32,36,37). The summed E-state index contributed by atoms with van der Waals surface area (Å²) in [7, 11) is 0. The Kier molecular flexibility index (Phi) is 10.3. The fraction of sp³-hybridized carbons (Fsp3) is 0.667. The van der Waals surface area contributed by atoms with Gasteiger partial charge in [-0.2, -0.15) is 0 Å². The normalized spacial score (nSPS) is 25.3. The van der Waals surface area contributed by atoms with Crippen molar-refractivity contribution >= 4 is 23.9 Å². The van der Waals surface area contributed by atoms with Crippen molar-refractivity contribution in [3.05, 3.63) is 35.4 Å². The van der Waals surface area contributed by atoms with E-state index in [9.17, 15) is 9.59 Å². The molecular weight excluding hydrogens is 510 g/mol. The van der Waals surface area contributed by atoms with E-state index in [1.54, 1.807) is 0 Å². The van der Waals surface area contributed by atoms with Crippen molar-refractivity contribution in [3.63, 3.8) is 0 Å². The molecule has 0 spiro atoms. The van der Waals surface area contributed by atoms with Gasteiger partial charge in [-0.15, -0.1) is 0 Å². The molecule has 0 aromatic heterocycles. The van der Waals surface area contributed by atoms with E-state index in [2.05, 4.69) is 30.7 Å². The van der Waals surface area contributed by atoms with Crippen LogP contribution in [0, 0.1) is 17.8 Å². The largest absolute Gasteiger partial charge is 0.365 e. The summed E-state index contributed by atoms with van der Waals surface area (Å²) in [6, 6.07) is 8.16. The summed E-state index contributed by atoms with van der Waals surface area (Å²) in [6.07, 6.45) is 8.17. The predicted molar refractivity (Wildman–Crippen MR) is 155 cm³/mol. The summed E-state index contributed by atoms with van der Waals surface area (Å²) in [5.41, 5.74) is 7.83. The maximum atomic E-state index is 12.2. The van der Waals surface area contributed by atoms with Crippen LogP contribution in [0.15, 0.2) is 24.3 Å². The van der Waals surface area contributed by atoms with Crippen molar-refractivity contribution in [2.75, 3.05) is 52.4 Å². The second-order valence-corrected chi connectivity index (χ2v) is 12.7. The summed E-state index contributed by atoms with van der Waals surface area (Å²) in [4.78, 5) is 26.2. The first-order chi connectivity index (χ1) is 19.0. The van der Waals surface area contributed by atoms with Gasteiger partial charge in [0.15, 0.2) is 0 Å². The monoisotopic (exact) mass is 553 g/mol. The predicted octanol–water partition coefficient (Wildman–Crippen LogP) is 2.74. The van der Waals surface area contributed by atoms with Gasteiger partial charge in [-0.25, -0.2) is 8.61 Å². The third-order valence-corrected chi connectivity index (χ3v) is 9.70. The Morgan fingerprint density at radius 3 is 2.38 bits per heavy atom. The minimum absolute atomic E-state index is 0.190. The smallest absolute Gasteiger partial charge is 0.234 e. The van der Waals surface area contributed by atoms with Crippen LogP contribution in [0.3, 0.4) is 0 Å². The van der Waals surface area contributed by atoms with Gasteiger partial charge in [0.2, 0.25) is 11.8 Å². The lowest BCUT2D eigenvalue weighted by Crippen LogP contribution is -2.43. The first kappa shape index (κ1) is 28.6. The zero-order valence-corrected chi connectivity index (χ0v) is 23.8. The molecule has 212 valence electrons. The van der Waals surface area contributed by atoms with Crippen molar-refractivity contribution in [2.24, 2.45) is 11.7 Å². The lowest BCUT2D eigenvalue weighted by Gasteiger charge is -2.39. The number of hydrogen-bond acceptors (Lipinski definition) is 8. The van der Waals surface area contributed by atoms with E-state index in [0.717, 1.165) is 68.9 Å². The minimum Gasteiger partial charge on any atom is -0.365 e. The number of nitrogens with zero attached hydrogens (tertiary/aromatic N) is 3. The number of benzene rings is 1. The van der Waals surface area contributed by atoms with Crippen molar-refractivity contribution in [1.29, 1.82) is 0 Å². The molecule has 4 aliphatic heterocycles. The number of nitrogens with two attached hydrogens (primary N) is 1. The summed E-state index contributed by atoms with van der Waals surface area (Å²) >= 11 is 1.95. The third-order valence-electron chi connectivity index (χ3n) is 8.51. The maximum Gasteiger partial charge on any atom is 0.234 e. The maximum absolute atomic E-state index is 12.2. The van der Waals surface area contributed by atoms with E-state index in [1.807, 2.05) is 36.4 Å². The van der Waals surface area contributed by atoms with Gasteiger partial charge in [-0.05, 0) is 68.6 Å². The average Bonchev–Trinajstić information content (AvgIpc) is 2.94. The quantitative estimate of drug-likeness (QED) is 0.303. The van der Waals surface area contributed by atoms with Gasteiger partial charge >= 0.3 is 0 Å². The second kappa shape index (κ2) is 14.1. The molecule has 1 aromatic carbocycles. The van der Waals surface area contributed by atoms with Gasteiger partial charge in [-0.3, -0.25) is 14.9 Å². The molecule has 9 heteroatoms. The Bertz CT molecular complexity index is 1030. The Morgan fingerprint density at radius 1 is 0.949 bits per heavy atom. The Morgan fingerprint density at radius 2 is 1.67 bits per heavy atom. The van der Waals surface area contributed by atoms with Crippen LogP contribution in [0.2, 0.25) is 0 Å². The van der Waals surface area contributed by atoms with Gasteiger partial charge < -0.3 is 15.4 Å². The number of carbonyl (C=O) groups is 2. The van der Waals surface area contributed by atoms with Crippen LogP contribution in [-0.2, 0) is 14.3 Å². The number of nitrogens with one attached hydrogen (secondary N) is 1. The molecule has 1 atom stereocenters. The third kappa shape index (κ3) is 8.53. The molecule has 2 amide bonds. The highest BCUT2D eigenvalue weighted by Gasteiger charge is 2.28. The SMILES string of the molecule is NC1CCN(SN2CCC(CN3CCC(OCC#Cc4cccc(C5CCC(=O)NC5=O)c4)CC3)CC2)CC1. The number of ether oxygens (including phenoxy) is 1. The lowest BCUT2D eigenvalue weighted by molar-refractivity contribution is -0.134. The van der Waals surface area contributed by atoms with Gasteiger partial charge in [0.1, 0.15) is 6.61 Å². The Balaban J connectivity index is 0.969. The van der Waals surface area contributed by atoms with E-state index in [-0.39, 0.29) is 23.8 Å². The number of piperidine rings is 4. The first-order valence-corrected chi connectivity index (χ1v) is 15.4. The van der Waals surface area contributed by atoms with Gasteiger partial charge in [0, 0.05) is 76.0 Å². The molecule has 4 heterocycles. The van der Waals surface area contributed by atoms with Crippen LogP contribution in [0.4, 0.5) is 0 Å². The van der Waals surface area contributed by atoms with Crippen LogP contribution in [0.25, 0.3) is 0 Å². The van der Waals surface area contributed by atoms with Crippen LogP contribution < -0.4 is 11.1 Å². The van der Waals surface area contributed by atoms with E-state index < -0.39 is 0 Å². The highest BCUT2D eigenvalue weighted by Crippen LogP contribution is 2.28. The topological polar surface area (TPSA) is 91.1 Å². The molecular formula is C30H43N5O3S. The molecule has 5 rings (SSSR count). The molecule has 0 saturated carbocycles. The van der Waals surface area contributed by atoms with Crippen molar-refractivity contribution in [2.45, 2.75) is 69.4 Å². The summed E-state index contributed by atoms with van der Waals surface area (Å²) < 4.78 is 11.1. The van der Waals surface area contributed by atoms with Crippen LogP contribution in [0.1, 0.15) is 68.4 Å². The molecule has 39 heavy (non-hydrogen) atoms. The van der Waals surface area contributed by atoms with Crippen molar-refractivity contribution in [3.8, 4) is 11.8 Å². The molecule has 4 fully saturated rings. The van der Waals surface area contributed by atoms with Crippen LogP contribution in [0.5, 0.6) is 0 Å². The van der Waals surface area contributed by atoms with E-state index in [0.29, 0.717) is 25.5 Å². The number of hydrogen-bond donors (Lipinski definition) is 2. The van der Waals surface area contributed by atoms with Gasteiger partial charge in [-0.1, -0.05) is 24.0 Å². The molecule has 3 N–H and O–H groups in total. The second-order valence-electron chi connectivity index (χ2n) is 11.5. The van der Waals surface area contributed by atoms with E-state index in [4.69, 9.17) is 10.5 Å². The molecule has 8 nitrogen and oxygen atoms in total. The molecule has 1 unspecified atom stereocenters. The van der Waals surface area contributed by atoms with Gasteiger partial charge in [0.25, 0.3) is 0 Å². The lowest BCUT2D eigenvalue weighted by atomic mass is 9.90. The van der Waals surface area contributed by atoms with Crippen molar-refractivity contribution in [1.82, 2.24) is 18.8 Å². The number of rotatable bonds is 7. The first-order valence-electron chi connectivity index (χ1n) is 14.7. The summed E-state index contributed by atoms with van der Waals surface area (Å²) in [5, 5.41) is 2.43. The summed E-state index contributed by atoms with van der Waals surface area (Å²) in [6.45, 7) is 8.46. The number of carbonyl (C=O) groups excluding carboxylic acids is 2. The zero-order chi connectivity index (χ0) is 27.0. The molecule has 4 saturated heterocycles. The van der Waals surface area contributed by atoms with Gasteiger partial charge in [0.05, 0.1) is 12.0 Å². The number of imide groups is 1. The van der Waals surface area contributed by atoms with Crippen molar-refractivity contribution < 1.29 is 14.3 Å². The summed E-state index contributed by atoms with van der Waals surface area (Å²) in [5.74, 6) is 6.45. The Hall–Kier alpha value is -1.93. The molecule has 0 aliphatic carbocycles. The fourth-order valence-corrected chi connectivity index (χ4v) is 7.14. The average molecular weight is 554 g/mol. The molecule has 0 bridgehead atoms. The highest BCUT2D eigenvalue weighted by atomic mass is 32.2. The van der Waals surface area contributed by atoms with Crippen LogP contribution >= 0.6 is 12.1 Å². The van der Waals surface area contributed by atoms with E-state index in [1.165, 1.54) is 32.5 Å². The Labute approximate surface area is 237 Å². The van der Waals surface area contributed by atoms with Crippen LogP contribution in [-0.4, -0.2) is 89.9 Å². The number of amides is 2. The molecule has 1 aromatic rings. The fourth-order valence-electron chi connectivity index (χ4n) is 6.06. The number of likely N-dealkylation sites (tertiary alicyclic amines) is 1. The molecule has 0 radical (unpaired) electrons. The van der Waals surface area contributed by atoms with E-state index >= 15 is 0 Å². The molecule has 4 aliphatic rings. The zero-order valence-electron chi connectivity index (χ0n) is 23.0.